The van der Waals surface area contributed by atoms with Crippen LogP contribution in [0.15, 0.2) is 24.8 Å². The molecule has 0 aromatic carbocycles. The molecule has 0 saturated carbocycles. The molecular formula is C10H15NO3. The molecule has 0 radical (unpaired) electrons. The van der Waals surface area contributed by atoms with Crippen molar-refractivity contribution in [1.29, 1.82) is 0 Å². The van der Waals surface area contributed by atoms with Crippen LogP contribution < -0.4 is 5.32 Å². The van der Waals surface area contributed by atoms with E-state index in [0.717, 1.165) is 0 Å². The molecule has 0 saturated heterocycles. The summed E-state index contributed by atoms with van der Waals surface area (Å²) in [4.78, 5) is 21.5. The van der Waals surface area contributed by atoms with E-state index in [1.807, 2.05) is 0 Å². The summed E-state index contributed by atoms with van der Waals surface area (Å²) in [5.41, 5.74) is 0.375. The number of esters is 1. The number of hydrogen-bond acceptors (Lipinski definition) is 3. The third-order valence-corrected chi connectivity index (χ3v) is 1.39. The first-order valence-electron chi connectivity index (χ1n) is 4.31. The van der Waals surface area contributed by atoms with Gasteiger partial charge in [-0.05, 0) is 19.4 Å². The number of carbonyl (C=O) groups is 2. The Balaban J connectivity index is 3.38. The first-order chi connectivity index (χ1) is 6.57. The van der Waals surface area contributed by atoms with Gasteiger partial charge in [-0.25, -0.2) is 4.79 Å². The lowest BCUT2D eigenvalue weighted by molar-refractivity contribution is -0.138. The van der Waals surface area contributed by atoms with Gasteiger partial charge in [-0.2, -0.15) is 0 Å². The second kappa shape index (κ2) is 6.88. The number of ether oxygens (including phenoxy) is 1. The van der Waals surface area contributed by atoms with Gasteiger partial charge in [0.05, 0.1) is 6.61 Å². The quantitative estimate of drug-likeness (QED) is 0.389. The summed E-state index contributed by atoms with van der Waals surface area (Å²) < 4.78 is 4.80. The van der Waals surface area contributed by atoms with E-state index in [2.05, 4.69) is 18.5 Å². The van der Waals surface area contributed by atoms with Crippen molar-refractivity contribution in [1.82, 2.24) is 5.32 Å². The number of carbonyl (C=O) groups excluding carboxylic acids is 2. The minimum atomic E-state index is -0.403. The fourth-order valence-electron chi connectivity index (χ4n) is 0.644. The zero-order valence-corrected chi connectivity index (χ0v) is 8.34. The van der Waals surface area contributed by atoms with Crippen molar-refractivity contribution >= 4 is 11.9 Å². The number of amides is 1. The molecule has 4 nitrogen and oxygen atoms in total. The average molecular weight is 197 g/mol. The van der Waals surface area contributed by atoms with Crippen LogP contribution in [0.5, 0.6) is 0 Å². The highest BCUT2D eigenvalue weighted by Crippen LogP contribution is 1.92. The first-order valence-corrected chi connectivity index (χ1v) is 4.31. The lowest BCUT2D eigenvalue weighted by Crippen LogP contribution is -2.23. The van der Waals surface area contributed by atoms with E-state index in [4.69, 9.17) is 4.74 Å². The van der Waals surface area contributed by atoms with Crippen molar-refractivity contribution < 1.29 is 14.3 Å². The Morgan fingerprint density at radius 1 is 1.50 bits per heavy atom. The second-order valence-corrected chi connectivity index (χ2v) is 2.76. The summed E-state index contributed by atoms with van der Waals surface area (Å²) in [6, 6.07) is 0. The first kappa shape index (κ1) is 12.4. The zero-order valence-electron chi connectivity index (χ0n) is 8.34. The molecule has 0 aliphatic carbocycles. The van der Waals surface area contributed by atoms with E-state index in [0.29, 0.717) is 18.5 Å². The molecule has 0 aliphatic rings. The Bertz CT molecular complexity index is 246. The van der Waals surface area contributed by atoms with Crippen molar-refractivity contribution in [2.24, 2.45) is 0 Å². The van der Waals surface area contributed by atoms with Crippen LogP contribution >= 0.6 is 0 Å². The van der Waals surface area contributed by atoms with Gasteiger partial charge in [-0.3, -0.25) is 4.79 Å². The Morgan fingerprint density at radius 2 is 2.14 bits per heavy atom. The van der Waals surface area contributed by atoms with Gasteiger partial charge in [0.15, 0.2) is 0 Å². The van der Waals surface area contributed by atoms with Gasteiger partial charge in [0.25, 0.3) is 0 Å². The molecule has 14 heavy (non-hydrogen) atoms. The minimum absolute atomic E-state index is 0.226. The summed E-state index contributed by atoms with van der Waals surface area (Å²) in [5, 5.41) is 2.56. The SMILES string of the molecule is C=CC(=O)NCCCOC(=O)C(=C)C. The van der Waals surface area contributed by atoms with Gasteiger partial charge in [-0.1, -0.05) is 13.2 Å². The van der Waals surface area contributed by atoms with Crippen LogP contribution in [0, 0.1) is 0 Å². The molecule has 0 bridgehead atoms. The summed E-state index contributed by atoms with van der Waals surface area (Å²) in [6.45, 7) is 9.07. The van der Waals surface area contributed by atoms with Gasteiger partial charge >= 0.3 is 5.97 Å². The van der Waals surface area contributed by atoms with Crippen LogP contribution in [0.3, 0.4) is 0 Å². The summed E-state index contributed by atoms with van der Waals surface area (Å²) in [7, 11) is 0. The maximum Gasteiger partial charge on any atom is 0.333 e. The molecular weight excluding hydrogens is 182 g/mol. The molecule has 1 amide bonds. The highest BCUT2D eigenvalue weighted by molar-refractivity contribution is 5.87. The molecule has 0 fully saturated rings. The van der Waals surface area contributed by atoms with E-state index in [1.54, 1.807) is 6.92 Å². The van der Waals surface area contributed by atoms with Crippen molar-refractivity contribution in [3.63, 3.8) is 0 Å². The standard InChI is InChI=1S/C10H15NO3/c1-4-9(12)11-6-5-7-14-10(13)8(2)3/h4H,1-2,5-7H2,3H3,(H,11,12). The predicted molar refractivity (Wildman–Crippen MR) is 53.6 cm³/mol. The topological polar surface area (TPSA) is 55.4 Å². The van der Waals surface area contributed by atoms with E-state index in [1.165, 1.54) is 6.08 Å². The van der Waals surface area contributed by atoms with Gasteiger partial charge in [0, 0.05) is 12.1 Å². The Morgan fingerprint density at radius 3 is 2.64 bits per heavy atom. The normalized spacial score (nSPS) is 8.93. The van der Waals surface area contributed by atoms with Crippen LogP contribution in [0.2, 0.25) is 0 Å². The van der Waals surface area contributed by atoms with Gasteiger partial charge in [-0.15, -0.1) is 0 Å². The molecule has 0 aliphatic heterocycles. The lowest BCUT2D eigenvalue weighted by atomic mass is 10.3. The summed E-state index contributed by atoms with van der Waals surface area (Å²) >= 11 is 0. The van der Waals surface area contributed by atoms with Crippen molar-refractivity contribution in [2.75, 3.05) is 13.2 Å². The van der Waals surface area contributed by atoms with Crippen molar-refractivity contribution in [3.05, 3.63) is 24.8 Å². The Labute approximate surface area is 83.6 Å². The predicted octanol–water partition coefficient (Wildman–Crippen LogP) is 0.798. The fraction of sp³-hybridized carbons (Fsp3) is 0.400. The molecule has 0 spiro atoms. The van der Waals surface area contributed by atoms with Gasteiger partial charge in [0.1, 0.15) is 0 Å². The lowest BCUT2D eigenvalue weighted by Gasteiger charge is -2.04. The van der Waals surface area contributed by atoms with Crippen LogP contribution in [-0.2, 0) is 14.3 Å². The zero-order chi connectivity index (χ0) is 11.0. The van der Waals surface area contributed by atoms with E-state index < -0.39 is 5.97 Å². The average Bonchev–Trinajstić information content (AvgIpc) is 2.16. The number of nitrogens with one attached hydrogen (secondary N) is 1. The van der Waals surface area contributed by atoms with Crippen LogP contribution in [0.4, 0.5) is 0 Å². The molecule has 0 atom stereocenters. The second-order valence-electron chi connectivity index (χ2n) is 2.76. The van der Waals surface area contributed by atoms with Crippen LogP contribution in [0.25, 0.3) is 0 Å². The Kier molecular flexibility index (Phi) is 6.11. The maximum absolute atomic E-state index is 10.9. The van der Waals surface area contributed by atoms with E-state index >= 15 is 0 Å². The fourth-order valence-corrected chi connectivity index (χ4v) is 0.644. The number of rotatable bonds is 6. The third kappa shape index (κ3) is 5.99. The monoisotopic (exact) mass is 197 g/mol. The smallest absolute Gasteiger partial charge is 0.333 e. The maximum atomic E-state index is 10.9. The molecule has 0 aromatic heterocycles. The third-order valence-electron chi connectivity index (χ3n) is 1.39. The summed E-state index contributed by atoms with van der Waals surface area (Å²) in [6.07, 6.45) is 1.78. The van der Waals surface area contributed by atoms with E-state index in [-0.39, 0.29) is 12.5 Å². The molecule has 0 rings (SSSR count). The molecule has 0 aromatic rings. The molecule has 1 N–H and O–H groups in total. The van der Waals surface area contributed by atoms with Gasteiger partial charge < -0.3 is 10.1 Å². The highest BCUT2D eigenvalue weighted by Gasteiger charge is 2.01. The molecule has 0 heterocycles. The van der Waals surface area contributed by atoms with Crippen LogP contribution in [-0.4, -0.2) is 25.0 Å². The highest BCUT2D eigenvalue weighted by atomic mass is 16.5. The molecule has 0 unspecified atom stereocenters. The summed E-state index contributed by atoms with van der Waals surface area (Å²) in [5.74, 6) is -0.628. The van der Waals surface area contributed by atoms with Crippen molar-refractivity contribution in [3.8, 4) is 0 Å². The van der Waals surface area contributed by atoms with Crippen LogP contribution in [0.1, 0.15) is 13.3 Å². The minimum Gasteiger partial charge on any atom is -0.462 e. The molecule has 4 heteroatoms. The van der Waals surface area contributed by atoms with E-state index in [9.17, 15) is 9.59 Å². The largest absolute Gasteiger partial charge is 0.462 e. The molecule has 78 valence electrons. The number of hydrogen-bond donors (Lipinski definition) is 1. The van der Waals surface area contributed by atoms with Gasteiger partial charge in [0.2, 0.25) is 5.91 Å². The van der Waals surface area contributed by atoms with Crippen molar-refractivity contribution in [2.45, 2.75) is 13.3 Å². The Hall–Kier alpha value is -1.58.